The number of thiophene rings is 5. The first kappa shape index (κ1) is 75.3. The summed E-state index contributed by atoms with van der Waals surface area (Å²) in [6, 6.07) is 18.7. The zero-order chi connectivity index (χ0) is 64.1. The van der Waals surface area contributed by atoms with Crippen LogP contribution in [0.25, 0.3) is 40.7 Å². The highest BCUT2D eigenvalue weighted by molar-refractivity contribution is 7.26. The first-order chi connectivity index (χ1) is 44.8. The van der Waals surface area contributed by atoms with Gasteiger partial charge in [0, 0.05) is 42.4 Å². The Bertz CT molecular complexity index is 2820. The van der Waals surface area contributed by atoms with Crippen LogP contribution in [-0.2, 0) is 22.4 Å². The van der Waals surface area contributed by atoms with Crippen molar-refractivity contribution in [1.82, 2.24) is 9.80 Å². The van der Waals surface area contributed by atoms with Gasteiger partial charge in [-0.15, -0.1) is 56.7 Å². The van der Waals surface area contributed by atoms with Crippen LogP contribution in [0.3, 0.4) is 0 Å². The van der Waals surface area contributed by atoms with E-state index in [0.29, 0.717) is 36.1 Å². The van der Waals surface area contributed by atoms with Gasteiger partial charge in [0.1, 0.15) is 0 Å². The molecule has 2 aliphatic heterocycles. The number of hydrogen-bond acceptors (Lipinski definition) is 7. The maximum absolute atomic E-state index is 16.3. The molecule has 0 bridgehead atoms. The van der Waals surface area contributed by atoms with Gasteiger partial charge in [-0.2, -0.15) is 0 Å². The molecule has 2 atom stereocenters. The molecule has 2 unspecified atom stereocenters. The summed E-state index contributed by atoms with van der Waals surface area (Å²) in [5.41, 5.74) is 6.07. The van der Waals surface area contributed by atoms with E-state index < -0.39 is 0 Å². The highest BCUT2D eigenvalue weighted by atomic mass is 32.1. The molecule has 506 valence electrons. The summed E-state index contributed by atoms with van der Waals surface area (Å²) in [4.78, 5) is 47.0. The molecule has 0 fully saturated rings. The largest absolute Gasteiger partial charge is 0.306 e. The fourth-order valence-electron chi connectivity index (χ4n) is 14.4. The Labute approximate surface area is 577 Å². The summed E-state index contributed by atoms with van der Waals surface area (Å²) in [6.45, 7) is 15.2. The predicted molar refractivity (Wildman–Crippen MR) is 407 cm³/mol. The fraction of sp³-hybridized carbons (Fsp3) is 0.683. The summed E-state index contributed by atoms with van der Waals surface area (Å²) in [5, 5.41) is 4.62. The lowest BCUT2D eigenvalue weighted by Crippen LogP contribution is -2.34. The Morgan fingerprint density at radius 1 is 0.341 bits per heavy atom. The second kappa shape index (κ2) is 44.6. The first-order valence-electron chi connectivity index (χ1n) is 38.4. The van der Waals surface area contributed by atoms with Crippen molar-refractivity contribution in [2.75, 3.05) is 13.1 Å². The molecule has 2 aliphatic rings. The molecule has 0 radical (unpaired) electrons. The molecule has 0 spiro atoms. The average molecular weight is 1330 g/mol. The Morgan fingerprint density at radius 3 is 1.11 bits per heavy atom. The van der Waals surface area contributed by atoms with E-state index in [0.717, 1.165) is 59.7 Å². The zero-order valence-corrected chi connectivity index (χ0v) is 62.7. The average Bonchev–Trinajstić information content (AvgIpc) is 1.57. The minimum absolute atomic E-state index is 0.0578. The number of carbonyl (C=O) groups is 2. The fourth-order valence-corrected chi connectivity index (χ4v) is 19.7. The van der Waals surface area contributed by atoms with Gasteiger partial charge in [-0.1, -0.05) is 292 Å². The monoisotopic (exact) mass is 1330 g/mol. The van der Waals surface area contributed by atoms with Crippen LogP contribution in [0.4, 0.5) is 0 Å². The highest BCUT2D eigenvalue weighted by Crippen LogP contribution is 2.52. The van der Waals surface area contributed by atoms with Crippen LogP contribution in [0.5, 0.6) is 0 Å². The molecular formula is C82H126N2O2S5. The predicted octanol–water partition coefficient (Wildman–Crippen LogP) is 28.4. The highest BCUT2D eigenvalue weighted by Gasteiger charge is 2.50. The van der Waals surface area contributed by atoms with Crippen LogP contribution < -0.4 is 0 Å². The molecule has 0 saturated carbocycles. The molecule has 0 saturated heterocycles. The molecule has 9 heteroatoms. The molecule has 7 heterocycles. The van der Waals surface area contributed by atoms with Crippen LogP contribution in [0, 0.1) is 11.8 Å². The summed E-state index contributed by atoms with van der Waals surface area (Å²) >= 11 is 9.31. The lowest BCUT2D eigenvalue weighted by atomic mass is 9.93. The quantitative estimate of drug-likeness (QED) is 0.0364. The van der Waals surface area contributed by atoms with Gasteiger partial charge < -0.3 is 9.80 Å². The SMILES string of the molecule is CCCCCCCCCCCCc1csc(-c2ccc(C3=C4C(=O)N(CC(CCCCCC)CCCCCCCC)C(c5ccc(-c6cc(CCCCCCCCCCCC)c(-c7cccs7)s6)s5)=C4C(=O)N3CC(CCCCCC)CCCCCCCC)s2)c1. The third-order valence-corrected chi connectivity index (χ3v) is 25.7. The molecule has 5 aromatic rings. The number of aryl methyl sites for hydroxylation is 2. The van der Waals surface area contributed by atoms with E-state index in [1.165, 1.54) is 297 Å². The van der Waals surface area contributed by atoms with Gasteiger partial charge in [-0.05, 0) is 128 Å². The van der Waals surface area contributed by atoms with Crippen LogP contribution in [-0.4, -0.2) is 34.7 Å². The maximum Gasteiger partial charge on any atom is 0.261 e. The van der Waals surface area contributed by atoms with Crippen LogP contribution in [0.15, 0.2) is 70.4 Å². The first-order valence-corrected chi connectivity index (χ1v) is 42.6. The summed E-state index contributed by atoms with van der Waals surface area (Å²) in [5.74, 6) is 0.873. The van der Waals surface area contributed by atoms with Crippen molar-refractivity contribution < 1.29 is 9.59 Å². The Hall–Kier alpha value is -3.08. The van der Waals surface area contributed by atoms with E-state index in [9.17, 15) is 0 Å². The van der Waals surface area contributed by atoms with E-state index in [2.05, 4.69) is 111 Å². The van der Waals surface area contributed by atoms with Crippen LogP contribution in [0.1, 0.15) is 345 Å². The van der Waals surface area contributed by atoms with Gasteiger partial charge >= 0.3 is 0 Å². The van der Waals surface area contributed by atoms with Gasteiger partial charge in [-0.25, -0.2) is 0 Å². The lowest BCUT2D eigenvalue weighted by molar-refractivity contribution is -0.124. The van der Waals surface area contributed by atoms with Gasteiger partial charge in [-0.3, -0.25) is 9.59 Å². The maximum atomic E-state index is 16.3. The molecule has 0 aromatic carbocycles. The Morgan fingerprint density at radius 2 is 0.703 bits per heavy atom. The normalized spacial score (nSPS) is 14.2. The molecule has 0 N–H and O–H groups in total. The van der Waals surface area contributed by atoms with Gasteiger partial charge in [0.25, 0.3) is 11.8 Å². The molecule has 2 amide bonds. The van der Waals surface area contributed by atoms with Crippen LogP contribution in [0.2, 0.25) is 0 Å². The summed E-state index contributed by atoms with van der Waals surface area (Å²) in [7, 11) is 0. The minimum atomic E-state index is 0.0578. The second-order valence-electron chi connectivity index (χ2n) is 27.8. The van der Waals surface area contributed by atoms with E-state index in [1.54, 1.807) is 0 Å². The van der Waals surface area contributed by atoms with E-state index in [4.69, 9.17) is 0 Å². The van der Waals surface area contributed by atoms with E-state index in [1.807, 2.05) is 56.7 Å². The lowest BCUT2D eigenvalue weighted by Gasteiger charge is -2.29. The second-order valence-corrected chi connectivity index (χ2v) is 32.9. The molecule has 4 nitrogen and oxygen atoms in total. The van der Waals surface area contributed by atoms with Crippen molar-refractivity contribution in [1.29, 1.82) is 0 Å². The van der Waals surface area contributed by atoms with Crippen molar-refractivity contribution in [3.8, 4) is 29.3 Å². The summed E-state index contributed by atoms with van der Waals surface area (Å²) < 4.78 is 0. The number of nitrogens with zero attached hydrogens (tertiary/aromatic N) is 2. The molecular weight excluding hydrogens is 1210 g/mol. The smallest absolute Gasteiger partial charge is 0.261 e. The van der Waals surface area contributed by atoms with Crippen molar-refractivity contribution in [2.45, 2.75) is 337 Å². The Balaban J connectivity index is 1.25. The molecule has 5 aromatic heterocycles. The number of fused-ring (bicyclic) bond motifs is 1. The summed E-state index contributed by atoms with van der Waals surface area (Å²) in [6.07, 6.45) is 58.8. The van der Waals surface area contributed by atoms with Gasteiger partial charge in [0.15, 0.2) is 0 Å². The number of amides is 2. The minimum Gasteiger partial charge on any atom is -0.306 e. The van der Waals surface area contributed by atoms with Gasteiger partial charge in [0.05, 0.1) is 32.3 Å². The Kier molecular flexibility index (Phi) is 36.9. The third kappa shape index (κ3) is 24.8. The molecule has 7 rings (SSSR count). The molecule has 0 aliphatic carbocycles. The van der Waals surface area contributed by atoms with Crippen LogP contribution >= 0.6 is 56.7 Å². The third-order valence-electron chi connectivity index (χ3n) is 19.9. The number of unbranched alkanes of at least 4 members (excludes halogenated alkanes) is 34. The van der Waals surface area contributed by atoms with Crippen molar-refractivity contribution in [3.63, 3.8) is 0 Å². The van der Waals surface area contributed by atoms with E-state index >= 15 is 9.59 Å². The van der Waals surface area contributed by atoms with Crippen molar-refractivity contribution in [2.24, 2.45) is 11.8 Å². The number of rotatable bonds is 55. The van der Waals surface area contributed by atoms with E-state index in [-0.39, 0.29) is 11.8 Å². The number of carbonyl (C=O) groups excluding carboxylic acids is 2. The molecule has 91 heavy (non-hydrogen) atoms. The zero-order valence-electron chi connectivity index (χ0n) is 58.6. The standard InChI is InChI=1S/C82H126N2O2S5/c1-7-13-19-25-29-31-33-35-39-45-52-67-60-74(88-64-67)69-55-57-71(89-69)78-76-77(82(86)83(78)62-65(48-41-23-17-11-5)50-43-37-27-21-15-9-3)79(84(81(76)85)63-66(49-42-24-18-12-6)51-44-38-28-22-16-10-4)72-58-56-70(90-72)75-61-68(80(91-75)73-54-47-59-87-73)53-46-40-36-34-32-30-26-20-14-8-2/h47,54-61,64-66H,7-46,48-53,62-63H2,1-6H3. The van der Waals surface area contributed by atoms with Gasteiger partial charge in [0.2, 0.25) is 0 Å². The van der Waals surface area contributed by atoms with Crippen molar-refractivity contribution >= 4 is 79.9 Å². The number of hydrogen-bond donors (Lipinski definition) is 0. The topological polar surface area (TPSA) is 40.6 Å². The van der Waals surface area contributed by atoms with Crippen molar-refractivity contribution in [3.05, 3.63) is 91.3 Å².